The van der Waals surface area contributed by atoms with Crippen molar-refractivity contribution in [2.24, 2.45) is 0 Å². The van der Waals surface area contributed by atoms with Crippen molar-refractivity contribution in [2.75, 3.05) is 13.7 Å². The molecule has 0 aliphatic carbocycles. The van der Waals surface area contributed by atoms with Crippen molar-refractivity contribution in [3.8, 4) is 5.75 Å². The Bertz CT molecular complexity index is 574. The Balaban J connectivity index is 2.11. The van der Waals surface area contributed by atoms with Crippen LogP contribution in [0.4, 0.5) is 0 Å². The van der Waals surface area contributed by atoms with Gasteiger partial charge in [0.25, 0.3) is 0 Å². The second-order valence-corrected chi connectivity index (χ2v) is 5.87. The molecule has 106 valence electrons. The largest absolute Gasteiger partial charge is 0.497 e. The van der Waals surface area contributed by atoms with E-state index in [1.165, 1.54) is 0 Å². The van der Waals surface area contributed by atoms with Gasteiger partial charge in [0, 0.05) is 21.4 Å². The molecular weight excluding hydrogens is 290 g/mol. The molecule has 0 aromatic heterocycles. The summed E-state index contributed by atoms with van der Waals surface area (Å²) < 4.78 is 5.23. The highest BCUT2D eigenvalue weighted by Crippen LogP contribution is 2.32. The first-order valence-electron chi connectivity index (χ1n) is 6.54. The van der Waals surface area contributed by atoms with E-state index in [-0.39, 0.29) is 0 Å². The minimum atomic E-state index is 0.804. The standard InChI is InChI=1S/C16H18ClNOS/c1-3-18-11-12-7-8-15(10-16(12)17)20-14-6-4-5-13(9-14)19-2/h4-10,18H,3,11H2,1-2H3. The first kappa shape index (κ1) is 15.2. The molecule has 0 bridgehead atoms. The predicted octanol–water partition coefficient (Wildman–Crippen LogP) is 4.61. The van der Waals surface area contributed by atoms with E-state index in [9.17, 15) is 0 Å². The van der Waals surface area contributed by atoms with Crippen LogP contribution in [-0.4, -0.2) is 13.7 Å². The van der Waals surface area contributed by atoms with E-state index in [0.717, 1.165) is 39.2 Å². The zero-order chi connectivity index (χ0) is 14.4. The lowest BCUT2D eigenvalue weighted by atomic mass is 10.2. The van der Waals surface area contributed by atoms with E-state index in [1.807, 2.05) is 24.3 Å². The lowest BCUT2D eigenvalue weighted by Crippen LogP contribution is -2.11. The SMILES string of the molecule is CCNCc1ccc(Sc2cccc(OC)c2)cc1Cl. The maximum atomic E-state index is 6.31. The van der Waals surface area contributed by atoms with E-state index in [0.29, 0.717) is 0 Å². The summed E-state index contributed by atoms with van der Waals surface area (Å²) in [5.41, 5.74) is 1.13. The average molecular weight is 308 g/mol. The van der Waals surface area contributed by atoms with Crippen LogP contribution in [0.1, 0.15) is 12.5 Å². The Morgan fingerprint density at radius 2 is 1.95 bits per heavy atom. The molecule has 0 amide bonds. The van der Waals surface area contributed by atoms with Crippen LogP contribution in [0.15, 0.2) is 52.3 Å². The van der Waals surface area contributed by atoms with Gasteiger partial charge in [0.15, 0.2) is 0 Å². The number of hydrogen-bond donors (Lipinski definition) is 1. The zero-order valence-electron chi connectivity index (χ0n) is 11.7. The predicted molar refractivity (Wildman–Crippen MR) is 85.9 cm³/mol. The summed E-state index contributed by atoms with van der Waals surface area (Å²) in [6.07, 6.45) is 0. The van der Waals surface area contributed by atoms with Gasteiger partial charge in [-0.05, 0) is 42.4 Å². The van der Waals surface area contributed by atoms with Crippen molar-refractivity contribution >= 4 is 23.4 Å². The normalized spacial score (nSPS) is 10.6. The number of hydrogen-bond acceptors (Lipinski definition) is 3. The third-order valence-corrected chi connectivity index (χ3v) is 4.20. The van der Waals surface area contributed by atoms with Crippen LogP contribution < -0.4 is 10.1 Å². The molecule has 1 N–H and O–H groups in total. The molecule has 2 aromatic rings. The summed E-state index contributed by atoms with van der Waals surface area (Å²) in [7, 11) is 1.68. The van der Waals surface area contributed by atoms with Crippen LogP contribution in [0.5, 0.6) is 5.75 Å². The van der Waals surface area contributed by atoms with Gasteiger partial charge in [-0.3, -0.25) is 0 Å². The van der Waals surface area contributed by atoms with E-state index in [2.05, 4.69) is 30.4 Å². The van der Waals surface area contributed by atoms with Crippen LogP contribution in [-0.2, 0) is 6.54 Å². The summed E-state index contributed by atoms with van der Waals surface area (Å²) in [6.45, 7) is 3.83. The molecule has 0 unspecified atom stereocenters. The first-order chi connectivity index (χ1) is 9.72. The third-order valence-electron chi connectivity index (χ3n) is 2.87. The topological polar surface area (TPSA) is 21.3 Å². The molecule has 0 fully saturated rings. The molecule has 4 heteroatoms. The molecule has 0 aliphatic rings. The van der Waals surface area contributed by atoms with Crippen LogP contribution in [0.3, 0.4) is 0 Å². The molecule has 0 saturated heterocycles. The summed E-state index contributed by atoms with van der Waals surface area (Å²) in [6, 6.07) is 14.2. The molecular formula is C16H18ClNOS. The monoisotopic (exact) mass is 307 g/mol. The lowest BCUT2D eigenvalue weighted by molar-refractivity contribution is 0.413. The summed E-state index contributed by atoms with van der Waals surface area (Å²) in [5.74, 6) is 0.866. The van der Waals surface area contributed by atoms with E-state index in [4.69, 9.17) is 16.3 Å². The summed E-state index contributed by atoms with van der Waals surface area (Å²) >= 11 is 7.99. The molecule has 0 heterocycles. The van der Waals surface area contributed by atoms with Gasteiger partial charge in [-0.25, -0.2) is 0 Å². The van der Waals surface area contributed by atoms with Crippen LogP contribution in [0.25, 0.3) is 0 Å². The van der Waals surface area contributed by atoms with Crippen molar-refractivity contribution in [2.45, 2.75) is 23.3 Å². The molecule has 0 atom stereocenters. The molecule has 2 nitrogen and oxygen atoms in total. The Kier molecular flexibility index (Phi) is 5.77. The maximum Gasteiger partial charge on any atom is 0.119 e. The highest BCUT2D eigenvalue weighted by molar-refractivity contribution is 7.99. The average Bonchev–Trinajstić information content (AvgIpc) is 2.47. The van der Waals surface area contributed by atoms with E-state index in [1.54, 1.807) is 18.9 Å². The number of rotatable bonds is 6. The minimum Gasteiger partial charge on any atom is -0.497 e. The lowest BCUT2D eigenvalue weighted by Gasteiger charge is -2.08. The molecule has 20 heavy (non-hydrogen) atoms. The molecule has 0 saturated carbocycles. The van der Waals surface area contributed by atoms with Crippen LogP contribution >= 0.6 is 23.4 Å². The maximum absolute atomic E-state index is 6.31. The van der Waals surface area contributed by atoms with Gasteiger partial charge >= 0.3 is 0 Å². The van der Waals surface area contributed by atoms with Gasteiger partial charge in [0.2, 0.25) is 0 Å². The van der Waals surface area contributed by atoms with Gasteiger partial charge < -0.3 is 10.1 Å². The number of methoxy groups -OCH3 is 1. The van der Waals surface area contributed by atoms with Gasteiger partial charge in [-0.2, -0.15) is 0 Å². The van der Waals surface area contributed by atoms with Crippen molar-refractivity contribution in [3.63, 3.8) is 0 Å². The molecule has 0 spiro atoms. The Morgan fingerprint density at radius 1 is 1.15 bits per heavy atom. The quantitative estimate of drug-likeness (QED) is 0.842. The Hall–Kier alpha value is -1.16. The fourth-order valence-electron chi connectivity index (χ4n) is 1.80. The van der Waals surface area contributed by atoms with Crippen LogP contribution in [0.2, 0.25) is 5.02 Å². The zero-order valence-corrected chi connectivity index (χ0v) is 13.2. The fraction of sp³-hybridized carbons (Fsp3) is 0.250. The summed E-state index contributed by atoms with van der Waals surface area (Å²) in [4.78, 5) is 2.27. The second kappa shape index (κ2) is 7.58. The first-order valence-corrected chi connectivity index (χ1v) is 7.73. The highest BCUT2D eigenvalue weighted by atomic mass is 35.5. The molecule has 2 aromatic carbocycles. The fourth-order valence-corrected chi connectivity index (χ4v) is 3.01. The van der Waals surface area contributed by atoms with Crippen molar-refractivity contribution in [1.29, 1.82) is 0 Å². The molecule has 0 radical (unpaired) electrons. The Morgan fingerprint density at radius 3 is 2.65 bits per heavy atom. The highest BCUT2D eigenvalue weighted by Gasteiger charge is 2.04. The number of ether oxygens (including phenoxy) is 1. The Labute approximate surface area is 129 Å². The van der Waals surface area contributed by atoms with Gasteiger partial charge in [0.05, 0.1) is 7.11 Å². The minimum absolute atomic E-state index is 0.804. The number of halogens is 1. The van der Waals surface area contributed by atoms with E-state index >= 15 is 0 Å². The third kappa shape index (κ3) is 4.17. The molecule has 0 aliphatic heterocycles. The van der Waals surface area contributed by atoms with Crippen molar-refractivity contribution in [1.82, 2.24) is 5.32 Å². The van der Waals surface area contributed by atoms with Gasteiger partial charge in [-0.15, -0.1) is 0 Å². The van der Waals surface area contributed by atoms with Gasteiger partial charge in [0.1, 0.15) is 5.75 Å². The molecule has 2 rings (SSSR count). The number of benzene rings is 2. The van der Waals surface area contributed by atoms with Crippen LogP contribution in [0, 0.1) is 0 Å². The van der Waals surface area contributed by atoms with Gasteiger partial charge in [-0.1, -0.05) is 42.4 Å². The second-order valence-electron chi connectivity index (χ2n) is 4.31. The number of nitrogens with one attached hydrogen (secondary N) is 1. The van der Waals surface area contributed by atoms with Crippen molar-refractivity contribution < 1.29 is 4.74 Å². The van der Waals surface area contributed by atoms with E-state index < -0.39 is 0 Å². The van der Waals surface area contributed by atoms with Crippen molar-refractivity contribution in [3.05, 3.63) is 53.1 Å². The smallest absolute Gasteiger partial charge is 0.119 e. The summed E-state index contributed by atoms with van der Waals surface area (Å²) in [5, 5.41) is 4.09.